The van der Waals surface area contributed by atoms with Crippen LogP contribution < -0.4 is 10.6 Å². The Morgan fingerprint density at radius 1 is 0.818 bits per heavy atom. The van der Waals surface area contributed by atoms with E-state index in [1.54, 1.807) is 11.1 Å². The maximum atomic E-state index is 12.6. The summed E-state index contributed by atoms with van der Waals surface area (Å²) < 4.78 is 0. The van der Waals surface area contributed by atoms with E-state index in [4.69, 9.17) is 0 Å². The summed E-state index contributed by atoms with van der Waals surface area (Å²) in [6.45, 7) is 1.24. The summed E-state index contributed by atoms with van der Waals surface area (Å²) >= 11 is 0. The Morgan fingerprint density at radius 2 is 1.48 bits per heavy atom. The van der Waals surface area contributed by atoms with Gasteiger partial charge in [0.15, 0.2) is 0 Å². The third kappa shape index (κ3) is 3.41. The molecule has 2 aromatic rings. The van der Waals surface area contributed by atoms with Crippen LogP contribution in [0.2, 0.25) is 0 Å². The number of carbonyl (C=O) groups is 1. The second-order valence-corrected chi connectivity index (χ2v) is 11.2. The molecule has 0 aromatic heterocycles. The molecule has 2 aromatic carbocycles. The largest absolute Gasteiger partial charge is 0.335 e. The van der Waals surface area contributed by atoms with E-state index in [-0.39, 0.29) is 6.03 Å². The number of nitrogens with one attached hydrogen (secondary N) is 2. The minimum absolute atomic E-state index is 0.0572. The zero-order valence-corrected chi connectivity index (χ0v) is 19.4. The minimum atomic E-state index is 0.0572. The van der Waals surface area contributed by atoms with Gasteiger partial charge in [-0.05, 0) is 92.0 Å². The van der Waals surface area contributed by atoms with Crippen LogP contribution in [0.1, 0.15) is 85.2 Å². The molecule has 1 saturated heterocycles. The van der Waals surface area contributed by atoms with Crippen molar-refractivity contribution in [1.82, 2.24) is 15.5 Å². The molecule has 2 N–H and O–H groups in total. The molecule has 2 aliphatic heterocycles. The number of fused-ring (bicyclic) bond motifs is 8. The first-order valence-electron chi connectivity index (χ1n) is 13.3. The van der Waals surface area contributed by atoms with E-state index in [0.29, 0.717) is 36.0 Å². The number of nitrogens with zero attached hydrogens (tertiary/aromatic N) is 1. The first-order valence-corrected chi connectivity index (χ1v) is 13.3. The molecule has 172 valence electrons. The lowest BCUT2D eigenvalue weighted by molar-refractivity contribution is 0.185. The van der Waals surface area contributed by atoms with Crippen molar-refractivity contribution >= 4 is 6.03 Å². The molecule has 3 fully saturated rings. The Balaban J connectivity index is 0.858. The Labute approximate surface area is 197 Å². The van der Waals surface area contributed by atoms with Crippen LogP contribution in [0.3, 0.4) is 0 Å². The molecule has 4 nitrogen and oxygen atoms in total. The predicted molar refractivity (Wildman–Crippen MR) is 130 cm³/mol. The van der Waals surface area contributed by atoms with Crippen molar-refractivity contribution < 1.29 is 4.79 Å². The van der Waals surface area contributed by atoms with E-state index in [2.05, 4.69) is 64.1 Å². The second kappa shape index (κ2) is 7.87. The molecule has 5 atom stereocenters. The fraction of sp³-hybridized carbons (Fsp3) is 0.552. The molecule has 33 heavy (non-hydrogen) atoms. The van der Waals surface area contributed by atoms with Crippen LogP contribution in [0.15, 0.2) is 48.5 Å². The molecule has 3 aliphatic carbocycles. The molecule has 2 heterocycles. The first-order chi connectivity index (χ1) is 16.3. The number of carbonyl (C=O) groups excluding carboxylic acids is 1. The Morgan fingerprint density at radius 3 is 2.21 bits per heavy atom. The number of amides is 2. The summed E-state index contributed by atoms with van der Waals surface area (Å²) in [5, 5.41) is 6.58. The van der Waals surface area contributed by atoms with Crippen LogP contribution in [0.5, 0.6) is 0 Å². The van der Waals surface area contributed by atoms with Crippen molar-refractivity contribution in [3.8, 4) is 0 Å². The molecule has 7 rings (SSSR count). The Kier molecular flexibility index (Phi) is 4.79. The lowest BCUT2D eigenvalue weighted by atomic mass is 9.84. The van der Waals surface area contributed by atoms with Crippen molar-refractivity contribution in [2.45, 2.75) is 81.5 Å². The fourth-order valence-corrected chi connectivity index (χ4v) is 7.82. The van der Waals surface area contributed by atoms with E-state index in [9.17, 15) is 4.79 Å². The smallest absolute Gasteiger partial charge is 0.315 e. The zero-order chi connectivity index (χ0) is 21.9. The van der Waals surface area contributed by atoms with Crippen molar-refractivity contribution in [2.75, 3.05) is 6.54 Å². The lowest BCUT2D eigenvalue weighted by Crippen LogP contribution is -2.45. The van der Waals surface area contributed by atoms with Crippen LogP contribution in [0.4, 0.5) is 4.79 Å². The maximum absolute atomic E-state index is 12.6. The summed E-state index contributed by atoms with van der Waals surface area (Å²) in [4.78, 5) is 15.4. The van der Waals surface area contributed by atoms with Crippen LogP contribution in [0.25, 0.3) is 0 Å². The minimum Gasteiger partial charge on any atom is -0.335 e. The predicted octanol–water partition coefficient (Wildman–Crippen LogP) is 5.46. The molecule has 5 aliphatic rings. The molecule has 5 unspecified atom stereocenters. The van der Waals surface area contributed by atoms with Crippen LogP contribution >= 0.6 is 0 Å². The molecule has 2 amide bonds. The number of hydrogen-bond acceptors (Lipinski definition) is 2. The summed E-state index contributed by atoms with van der Waals surface area (Å²) in [6, 6.07) is 19.9. The summed E-state index contributed by atoms with van der Waals surface area (Å²) in [7, 11) is 0. The highest BCUT2D eigenvalue weighted by Gasteiger charge is 2.56. The highest BCUT2D eigenvalue weighted by molar-refractivity contribution is 5.75. The van der Waals surface area contributed by atoms with Gasteiger partial charge >= 0.3 is 6.03 Å². The van der Waals surface area contributed by atoms with Gasteiger partial charge in [0.25, 0.3) is 0 Å². The van der Waals surface area contributed by atoms with E-state index < -0.39 is 0 Å². The lowest BCUT2D eigenvalue weighted by Gasteiger charge is -2.31. The average Bonchev–Trinajstić information content (AvgIpc) is 3.18. The van der Waals surface area contributed by atoms with Crippen LogP contribution in [-0.2, 0) is 6.42 Å². The third-order valence-corrected chi connectivity index (χ3v) is 9.54. The SMILES string of the molecule is O=C(NC1CCC(CCN2C3CCC2c2ccccc23)CC1)NC1C2Cc3ccccc3C21. The van der Waals surface area contributed by atoms with E-state index >= 15 is 0 Å². The van der Waals surface area contributed by atoms with E-state index in [1.807, 2.05) is 0 Å². The van der Waals surface area contributed by atoms with Gasteiger partial charge in [0, 0.05) is 30.1 Å². The van der Waals surface area contributed by atoms with Gasteiger partial charge in [0.1, 0.15) is 0 Å². The van der Waals surface area contributed by atoms with Crippen LogP contribution in [-0.4, -0.2) is 29.6 Å². The van der Waals surface area contributed by atoms with Gasteiger partial charge in [0.2, 0.25) is 0 Å². The van der Waals surface area contributed by atoms with Gasteiger partial charge in [-0.25, -0.2) is 4.79 Å². The van der Waals surface area contributed by atoms with Gasteiger partial charge < -0.3 is 10.6 Å². The summed E-state index contributed by atoms with van der Waals surface area (Å²) in [6.07, 6.45) is 9.87. The quantitative estimate of drug-likeness (QED) is 0.647. The van der Waals surface area contributed by atoms with Gasteiger partial charge in [0.05, 0.1) is 0 Å². The number of benzene rings is 2. The van der Waals surface area contributed by atoms with Gasteiger partial charge in [-0.3, -0.25) is 4.90 Å². The van der Waals surface area contributed by atoms with Gasteiger partial charge in [-0.2, -0.15) is 0 Å². The normalized spacial score (nSPS) is 35.6. The molecule has 2 saturated carbocycles. The summed E-state index contributed by atoms with van der Waals surface area (Å²) in [5.74, 6) is 1.99. The zero-order valence-electron chi connectivity index (χ0n) is 19.4. The second-order valence-electron chi connectivity index (χ2n) is 11.2. The number of hydrogen-bond donors (Lipinski definition) is 2. The van der Waals surface area contributed by atoms with Crippen molar-refractivity contribution in [3.63, 3.8) is 0 Å². The van der Waals surface area contributed by atoms with E-state index in [0.717, 1.165) is 25.2 Å². The van der Waals surface area contributed by atoms with Crippen molar-refractivity contribution in [2.24, 2.45) is 11.8 Å². The fourth-order valence-electron chi connectivity index (χ4n) is 7.82. The van der Waals surface area contributed by atoms with Crippen LogP contribution in [0, 0.1) is 11.8 Å². The van der Waals surface area contributed by atoms with Crippen molar-refractivity contribution in [3.05, 3.63) is 70.8 Å². The molecule has 0 spiro atoms. The molecule has 2 bridgehead atoms. The Hall–Kier alpha value is -2.33. The Bertz CT molecular complexity index is 1030. The standard InChI is InChI=1S/C29H35N3O/c33-29(31-28-24-17-19-5-1-2-6-21(19)27(24)28)30-20-11-9-18(10-12-20)15-16-32-25-13-14-26(32)23-8-4-3-7-22(23)25/h1-8,18,20,24-28H,9-17H2,(H2,30,31,33). The maximum Gasteiger partial charge on any atom is 0.315 e. The topological polar surface area (TPSA) is 44.4 Å². The third-order valence-electron chi connectivity index (χ3n) is 9.54. The monoisotopic (exact) mass is 441 g/mol. The number of urea groups is 1. The highest BCUT2D eigenvalue weighted by Crippen LogP contribution is 2.56. The molecular weight excluding hydrogens is 406 g/mol. The highest BCUT2D eigenvalue weighted by atomic mass is 16.2. The molecule has 0 radical (unpaired) electrons. The van der Waals surface area contributed by atoms with Gasteiger partial charge in [-0.15, -0.1) is 0 Å². The molecule has 4 heteroatoms. The average molecular weight is 442 g/mol. The van der Waals surface area contributed by atoms with E-state index in [1.165, 1.54) is 49.8 Å². The number of rotatable bonds is 5. The molecular formula is C29H35N3O. The van der Waals surface area contributed by atoms with Crippen molar-refractivity contribution in [1.29, 1.82) is 0 Å². The van der Waals surface area contributed by atoms with Gasteiger partial charge in [-0.1, -0.05) is 48.5 Å². The first kappa shape index (κ1) is 20.1. The summed E-state index contributed by atoms with van der Waals surface area (Å²) in [5.41, 5.74) is 6.13.